The molecule has 0 aliphatic rings. The molecule has 1 rings (SSSR count). The Morgan fingerprint density at radius 2 is 1.78 bits per heavy atom. The van der Waals surface area contributed by atoms with Crippen LogP contribution in [0.3, 0.4) is 0 Å². The van der Waals surface area contributed by atoms with Gasteiger partial charge in [-0.05, 0) is 6.42 Å². The summed E-state index contributed by atoms with van der Waals surface area (Å²) in [5.41, 5.74) is 0.772. The first-order chi connectivity index (χ1) is 8.74. The van der Waals surface area contributed by atoms with Crippen LogP contribution in [0.2, 0.25) is 0 Å². The van der Waals surface area contributed by atoms with Crippen LogP contribution >= 0.6 is 11.6 Å². The van der Waals surface area contributed by atoms with Crippen LogP contribution in [0.25, 0.3) is 0 Å². The number of halogens is 1. The molecule has 0 saturated heterocycles. The number of hydrogen-bond acceptors (Lipinski definition) is 1. The van der Waals surface area contributed by atoms with E-state index in [-0.39, 0.29) is 11.2 Å². The summed E-state index contributed by atoms with van der Waals surface area (Å²) in [6.45, 7) is 2.21. The van der Waals surface area contributed by atoms with Gasteiger partial charge in [-0.3, -0.25) is 4.79 Å². The van der Waals surface area contributed by atoms with Gasteiger partial charge in [0, 0.05) is 17.4 Å². The third kappa shape index (κ3) is 6.20. The van der Waals surface area contributed by atoms with Gasteiger partial charge in [-0.1, -0.05) is 69.4 Å². The Morgan fingerprint density at radius 1 is 1.11 bits per heavy atom. The standard InChI is InChI=1S/C16H23ClO/c1-2-3-4-5-9-12-15(17)13-16(18)14-10-7-6-8-11-14/h6-8,10-11,15H,2-5,9,12-13H2,1H3. The molecule has 2 heteroatoms. The van der Waals surface area contributed by atoms with Gasteiger partial charge in [0.15, 0.2) is 5.78 Å². The minimum Gasteiger partial charge on any atom is -0.294 e. The Morgan fingerprint density at radius 3 is 2.44 bits per heavy atom. The van der Waals surface area contributed by atoms with Crippen LogP contribution in [0.15, 0.2) is 30.3 Å². The highest BCUT2D eigenvalue weighted by Crippen LogP contribution is 2.16. The van der Waals surface area contributed by atoms with E-state index in [0.717, 1.165) is 18.4 Å². The second-order valence-electron chi connectivity index (χ2n) is 4.79. The molecule has 1 atom stereocenters. The van der Waals surface area contributed by atoms with Crippen molar-refractivity contribution in [3.8, 4) is 0 Å². The Balaban J connectivity index is 2.20. The van der Waals surface area contributed by atoms with Gasteiger partial charge in [-0.15, -0.1) is 11.6 Å². The van der Waals surface area contributed by atoms with E-state index in [9.17, 15) is 4.79 Å². The zero-order chi connectivity index (χ0) is 13.2. The third-order valence-electron chi connectivity index (χ3n) is 3.12. The molecule has 0 amide bonds. The fraction of sp³-hybridized carbons (Fsp3) is 0.562. The number of alkyl halides is 1. The molecule has 0 aliphatic heterocycles. The fourth-order valence-corrected chi connectivity index (χ4v) is 2.31. The van der Waals surface area contributed by atoms with Gasteiger partial charge >= 0.3 is 0 Å². The van der Waals surface area contributed by atoms with Crippen LogP contribution < -0.4 is 0 Å². The number of Topliss-reactive ketones (excluding diaryl/α,β-unsaturated/α-hetero) is 1. The van der Waals surface area contributed by atoms with Gasteiger partial charge in [-0.2, -0.15) is 0 Å². The Hall–Kier alpha value is -0.820. The summed E-state index contributed by atoms with van der Waals surface area (Å²) < 4.78 is 0. The largest absolute Gasteiger partial charge is 0.294 e. The number of carbonyl (C=O) groups is 1. The molecule has 1 aromatic carbocycles. The van der Waals surface area contributed by atoms with Crippen LogP contribution in [0.4, 0.5) is 0 Å². The summed E-state index contributed by atoms with van der Waals surface area (Å²) in [6, 6.07) is 9.41. The van der Waals surface area contributed by atoms with Gasteiger partial charge in [0.05, 0.1) is 0 Å². The summed E-state index contributed by atoms with van der Waals surface area (Å²) >= 11 is 6.22. The summed E-state index contributed by atoms with van der Waals surface area (Å²) in [7, 11) is 0. The lowest BCUT2D eigenvalue weighted by Crippen LogP contribution is -2.08. The van der Waals surface area contributed by atoms with Crippen LogP contribution in [0, 0.1) is 0 Å². The SMILES string of the molecule is CCCCCCCC(Cl)CC(=O)c1ccccc1. The van der Waals surface area contributed by atoms with Gasteiger partial charge in [0.1, 0.15) is 0 Å². The molecule has 100 valence electrons. The number of benzene rings is 1. The number of carbonyl (C=O) groups excluding carboxylic acids is 1. The minimum absolute atomic E-state index is 0.0145. The molecule has 0 spiro atoms. The highest BCUT2D eigenvalue weighted by molar-refractivity contribution is 6.22. The fourth-order valence-electron chi connectivity index (χ4n) is 2.01. The van der Waals surface area contributed by atoms with Crippen molar-refractivity contribution in [1.82, 2.24) is 0 Å². The lowest BCUT2D eigenvalue weighted by molar-refractivity contribution is 0.0980. The van der Waals surface area contributed by atoms with Crippen molar-refractivity contribution in [3.05, 3.63) is 35.9 Å². The first kappa shape index (κ1) is 15.2. The van der Waals surface area contributed by atoms with Crippen LogP contribution in [0.5, 0.6) is 0 Å². The van der Waals surface area contributed by atoms with E-state index in [1.807, 2.05) is 30.3 Å². The monoisotopic (exact) mass is 266 g/mol. The van der Waals surface area contributed by atoms with Gasteiger partial charge < -0.3 is 0 Å². The van der Waals surface area contributed by atoms with Crippen molar-refractivity contribution >= 4 is 17.4 Å². The summed E-state index contributed by atoms with van der Waals surface area (Å²) in [5.74, 6) is 0.157. The highest BCUT2D eigenvalue weighted by atomic mass is 35.5. The topological polar surface area (TPSA) is 17.1 Å². The average molecular weight is 267 g/mol. The number of hydrogen-bond donors (Lipinski definition) is 0. The quantitative estimate of drug-likeness (QED) is 0.340. The van der Waals surface area contributed by atoms with Crippen molar-refractivity contribution < 1.29 is 4.79 Å². The second kappa shape index (κ2) is 9.16. The molecular weight excluding hydrogens is 244 g/mol. The maximum absolute atomic E-state index is 11.9. The first-order valence-electron chi connectivity index (χ1n) is 6.96. The van der Waals surface area contributed by atoms with E-state index in [0.29, 0.717) is 6.42 Å². The normalized spacial score (nSPS) is 12.3. The number of rotatable bonds is 9. The Bertz CT molecular complexity index is 334. The van der Waals surface area contributed by atoms with E-state index in [4.69, 9.17) is 11.6 Å². The predicted octanol–water partition coefficient (Wildman–Crippen LogP) is 5.23. The molecule has 1 unspecified atom stereocenters. The van der Waals surface area contributed by atoms with E-state index in [1.54, 1.807) is 0 Å². The summed E-state index contributed by atoms with van der Waals surface area (Å²) in [4.78, 5) is 11.9. The number of unbranched alkanes of at least 4 members (excludes halogenated alkanes) is 4. The molecule has 0 aromatic heterocycles. The van der Waals surface area contributed by atoms with Crippen molar-refractivity contribution in [2.75, 3.05) is 0 Å². The maximum Gasteiger partial charge on any atom is 0.164 e. The zero-order valence-electron chi connectivity index (χ0n) is 11.2. The van der Waals surface area contributed by atoms with Crippen molar-refractivity contribution in [1.29, 1.82) is 0 Å². The smallest absolute Gasteiger partial charge is 0.164 e. The number of ketones is 1. The van der Waals surface area contributed by atoms with Crippen molar-refractivity contribution in [2.45, 2.75) is 57.2 Å². The first-order valence-corrected chi connectivity index (χ1v) is 7.40. The van der Waals surface area contributed by atoms with Crippen LogP contribution in [-0.4, -0.2) is 11.2 Å². The van der Waals surface area contributed by atoms with Crippen LogP contribution in [0.1, 0.15) is 62.2 Å². The maximum atomic E-state index is 11.9. The molecule has 1 nitrogen and oxygen atoms in total. The lowest BCUT2D eigenvalue weighted by Gasteiger charge is -2.08. The van der Waals surface area contributed by atoms with E-state index in [1.165, 1.54) is 25.7 Å². The van der Waals surface area contributed by atoms with Gasteiger partial charge in [-0.25, -0.2) is 0 Å². The summed E-state index contributed by atoms with van der Waals surface area (Å²) in [6.07, 6.45) is 7.62. The molecule has 0 heterocycles. The second-order valence-corrected chi connectivity index (χ2v) is 5.41. The van der Waals surface area contributed by atoms with Crippen molar-refractivity contribution in [3.63, 3.8) is 0 Å². The molecular formula is C16H23ClO. The molecule has 0 fully saturated rings. The average Bonchev–Trinajstić information content (AvgIpc) is 2.39. The Kier molecular flexibility index (Phi) is 7.75. The highest BCUT2D eigenvalue weighted by Gasteiger charge is 2.12. The molecule has 0 bridgehead atoms. The Labute approximate surface area is 116 Å². The summed E-state index contributed by atoms with van der Waals surface area (Å²) in [5, 5.41) is -0.0145. The minimum atomic E-state index is -0.0145. The molecule has 18 heavy (non-hydrogen) atoms. The molecule has 0 aliphatic carbocycles. The zero-order valence-corrected chi connectivity index (χ0v) is 12.0. The molecule has 0 saturated carbocycles. The van der Waals surface area contributed by atoms with E-state index in [2.05, 4.69) is 6.92 Å². The molecule has 0 radical (unpaired) electrons. The predicted molar refractivity (Wildman–Crippen MR) is 78.4 cm³/mol. The van der Waals surface area contributed by atoms with Crippen molar-refractivity contribution in [2.24, 2.45) is 0 Å². The van der Waals surface area contributed by atoms with E-state index >= 15 is 0 Å². The lowest BCUT2D eigenvalue weighted by atomic mass is 10.0. The molecule has 1 aromatic rings. The van der Waals surface area contributed by atoms with Crippen LogP contribution in [-0.2, 0) is 0 Å². The van der Waals surface area contributed by atoms with Gasteiger partial charge in [0.2, 0.25) is 0 Å². The van der Waals surface area contributed by atoms with Gasteiger partial charge in [0.25, 0.3) is 0 Å². The molecule has 0 N–H and O–H groups in total. The van der Waals surface area contributed by atoms with E-state index < -0.39 is 0 Å². The third-order valence-corrected chi connectivity index (χ3v) is 3.50.